The highest BCUT2D eigenvalue weighted by molar-refractivity contribution is 6.18. The summed E-state index contributed by atoms with van der Waals surface area (Å²) in [5.74, 6) is 1.32. The number of nitrogens with zero attached hydrogens (tertiary/aromatic N) is 2. The Morgan fingerprint density at radius 3 is 2.93 bits per heavy atom. The number of rotatable bonds is 4. The number of carbonyl (C=O) groups excluding carboxylic acids is 1. The molecule has 1 heterocycles. The number of aromatic amines is 1. The molecule has 0 bridgehead atoms. The van der Waals surface area contributed by atoms with E-state index < -0.39 is 0 Å². The molecule has 0 spiro atoms. The van der Waals surface area contributed by atoms with Crippen LogP contribution in [0.2, 0.25) is 0 Å². The van der Waals surface area contributed by atoms with Crippen LogP contribution in [0, 0.1) is 6.92 Å². The van der Waals surface area contributed by atoms with Crippen LogP contribution in [0.25, 0.3) is 0 Å². The van der Waals surface area contributed by atoms with E-state index in [0.29, 0.717) is 18.7 Å². The van der Waals surface area contributed by atoms with Crippen molar-refractivity contribution in [2.24, 2.45) is 0 Å². The van der Waals surface area contributed by atoms with Gasteiger partial charge in [-0.3, -0.25) is 9.89 Å². The van der Waals surface area contributed by atoms with Gasteiger partial charge in [-0.1, -0.05) is 0 Å². The van der Waals surface area contributed by atoms with E-state index in [1.807, 2.05) is 6.92 Å². The lowest BCUT2D eigenvalue weighted by Gasteiger charge is -2.15. The highest BCUT2D eigenvalue weighted by Gasteiger charge is 2.13. The number of H-pyrrole nitrogens is 1. The van der Waals surface area contributed by atoms with Gasteiger partial charge in [-0.25, -0.2) is 0 Å². The number of anilines is 1. The van der Waals surface area contributed by atoms with Crippen LogP contribution in [0.1, 0.15) is 18.4 Å². The van der Waals surface area contributed by atoms with Crippen molar-refractivity contribution >= 4 is 23.3 Å². The van der Waals surface area contributed by atoms with Crippen LogP contribution in [-0.2, 0) is 4.79 Å². The van der Waals surface area contributed by atoms with Crippen molar-refractivity contribution in [1.29, 1.82) is 0 Å². The molecular formula is C9H14ClN3O. The molecule has 0 saturated carbocycles. The van der Waals surface area contributed by atoms with Crippen molar-refractivity contribution in [1.82, 2.24) is 10.2 Å². The fourth-order valence-electron chi connectivity index (χ4n) is 1.19. The number of aryl methyl sites for hydroxylation is 1. The Hall–Kier alpha value is -1.03. The molecule has 0 aliphatic heterocycles. The maximum Gasteiger partial charge on any atom is 0.227 e. The number of nitrogens with one attached hydrogen (secondary N) is 1. The average molecular weight is 216 g/mol. The molecular weight excluding hydrogens is 202 g/mol. The summed E-state index contributed by atoms with van der Waals surface area (Å²) in [7, 11) is 1.73. The van der Waals surface area contributed by atoms with Crippen LogP contribution < -0.4 is 4.90 Å². The number of amides is 1. The zero-order chi connectivity index (χ0) is 10.6. The molecule has 1 amide bonds. The third-order valence-electron chi connectivity index (χ3n) is 2.04. The zero-order valence-corrected chi connectivity index (χ0v) is 9.14. The third-order valence-corrected chi connectivity index (χ3v) is 2.30. The first-order valence-electron chi connectivity index (χ1n) is 4.49. The van der Waals surface area contributed by atoms with Crippen LogP contribution in [-0.4, -0.2) is 29.0 Å². The summed E-state index contributed by atoms with van der Waals surface area (Å²) >= 11 is 5.52. The van der Waals surface area contributed by atoms with E-state index in [9.17, 15) is 4.79 Å². The van der Waals surface area contributed by atoms with Gasteiger partial charge < -0.3 is 4.90 Å². The van der Waals surface area contributed by atoms with Gasteiger partial charge in [0.25, 0.3) is 0 Å². The summed E-state index contributed by atoms with van der Waals surface area (Å²) in [4.78, 5) is 13.2. The number of carbonyl (C=O) groups is 1. The Labute approximate surface area is 88.2 Å². The van der Waals surface area contributed by atoms with E-state index in [0.717, 1.165) is 11.4 Å². The Balaban J connectivity index is 2.61. The molecule has 0 aliphatic rings. The molecule has 0 aromatic carbocycles. The van der Waals surface area contributed by atoms with E-state index in [1.165, 1.54) is 0 Å². The van der Waals surface area contributed by atoms with Crippen molar-refractivity contribution in [3.8, 4) is 0 Å². The lowest BCUT2D eigenvalue weighted by atomic mass is 10.3. The predicted octanol–water partition coefficient (Wildman–Crippen LogP) is 1.70. The Morgan fingerprint density at radius 2 is 2.43 bits per heavy atom. The minimum atomic E-state index is 0.0537. The Kier molecular flexibility index (Phi) is 3.95. The zero-order valence-electron chi connectivity index (χ0n) is 8.38. The molecule has 0 saturated heterocycles. The maximum atomic E-state index is 11.6. The van der Waals surface area contributed by atoms with E-state index in [1.54, 1.807) is 18.1 Å². The van der Waals surface area contributed by atoms with Crippen LogP contribution in [0.4, 0.5) is 5.82 Å². The second kappa shape index (κ2) is 5.00. The van der Waals surface area contributed by atoms with Crippen molar-refractivity contribution < 1.29 is 4.79 Å². The molecule has 0 aliphatic carbocycles. The highest BCUT2D eigenvalue weighted by Crippen LogP contribution is 2.14. The summed E-state index contributed by atoms with van der Waals surface area (Å²) in [6.45, 7) is 1.91. The first-order valence-corrected chi connectivity index (χ1v) is 5.02. The number of halogens is 1. The monoisotopic (exact) mass is 215 g/mol. The van der Waals surface area contributed by atoms with Gasteiger partial charge in [0.1, 0.15) is 5.82 Å². The van der Waals surface area contributed by atoms with Crippen molar-refractivity contribution in [3.05, 3.63) is 11.8 Å². The normalized spacial score (nSPS) is 10.2. The number of aromatic nitrogens is 2. The summed E-state index contributed by atoms with van der Waals surface area (Å²) in [6, 6.07) is 0. The van der Waals surface area contributed by atoms with Crippen molar-refractivity contribution in [2.45, 2.75) is 19.8 Å². The SMILES string of the molecule is Cc1cn[nH]c1N(C)C(=O)CCCCl. The van der Waals surface area contributed by atoms with Crippen LogP contribution in [0.3, 0.4) is 0 Å². The molecule has 4 nitrogen and oxygen atoms in total. The second-order valence-corrected chi connectivity index (χ2v) is 3.52. The lowest BCUT2D eigenvalue weighted by molar-refractivity contribution is -0.118. The Bertz CT molecular complexity index is 311. The molecule has 14 heavy (non-hydrogen) atoms. The van der Waals surface area contributed by atoms with Crippen molar-refractivity contribution in [3.63, 3.8) is 0 Å². The molecule has 0 fully saturated rings. The molecule has 1 N–H and O–H groups in total. The molecule has 0 radical (unpaired) electrons. The highest BCUT2D eigenvalue weighted by atomic mass is 35.5. The maximum absolute atomic E-state index is 11.6. The first kappa shape index (κ1) is 11.0. The molecule has 5 heteroatoms. The quantitative estimate of drug-likeness (QED) is 0.778. The van der Waals surface area contributed by atoms with Crippen LogP contribution in [0.5, 0.6) is 0 Å². The average Bonchev–Trinajstić information content (AvgIpc) is 2.59. The van der Waals surface area contributed by atoms with Gasteiger partial charge >= 0.3 is 0 Å². The number of alkyl halides is 1. The van der Waals surface area contributed by atoms with Gasteiger partial charge in [0.2, 0.25) is 5.91 Å². The van der Waals surface area contributed by atoms with Gasteiger partial charge in [-0.15, -0.1) is 11.6 Å². The van der Waals surface area contributed by atoms with E-state index in [4.69, 9.17) is 11.6 Å². The summed E-state index contributed by atoms with van der Waals surface area (Å²) < 4.78 is 0. The number of hydrogen-bond donors (Lipinski definition) is 1. The second-order valence-electron chi connectivity index (χ2n) is 3.15. The minimum absolute atomic E-state index is 0.0537. The van der Waals surface area contributed by atoms with E-state index in [-0.39, 0.29) is 5.91 Å². The third kappa shape index (κ3) is 2.48. The minimum Gasteiger partial charge on any atom is -0.300 e. The van der Waals surface area contributed by atoms with E-state index >= 15 is 0 Å². The van der Waals surface area contributed by atoms with Crippen LogP contribution >= 0.6 is 11.6 Å². The van der Waals surface area contributed by atoms with Crippen LogP contribution in [0.15, 0.2) is 6.20 Å². The van der Waals surface area contributed by atoms with Gasteiger partial charge in [0.15, 0.2) is 0 Å². The molecule has 1 rings (SSSR count). The Morgan fingerprint density at radius 1 is 1.71 bits per heavy atom. The molecule has 1 aromatic heterocycles. The fraction of sp³-hybridized carbons (Fsp3) is 0.556. The smallest absolute Gasteiger partial charge is 0.227 e. The van der Waals surface area contributed by atoms with Gasteiger partial charge in [-0.2, -0.15) is 5.10 Å². The summed E-state index contributed by atoms with van der Waals surface area (Å²) in [5, 5.41) is 6.65. The number of hydrogen-bond acceptors (Lipinski definition) is 2. The fourth-order valence-corrected chi connectivity index (χ4v) is 1.32. The van der Waals surface area contributed by atoms with Gasteiger partial charge in [-0.05, 0) is 13.3 Å². The molecule has 78 valence electrons. The van der Waals surface area contributed by atoms with Gasteiger partial charge in [0, 0.05) is 24.9 Å². The van der Waals surface area contributed by atoms with Gasteiger partial charge in [0.05, 0.1) is 6.20 Å². The molecule has 1 aromatic rings. The largest absolute Gasteiger partial charge is 0.300 e. The first-order chi connectivity index (χ1) is 6.66. The predicted molar refractivity (Wildman–Crippen MR) is 56.7 cm³/mol. The van der Waals surface area contributed by atoms with E-state index in [2.05, 4.69) is 10.2 Å². The lowest BCUT2D eigenvalue weighted by Crippen LogP contribution is -2.26. The summed E-state index contributed by atoms with van der Waals surface area (Å²) in [6.07, 6.45) is 2.87. The molecule has 0 unspecified atom stereocenters. The standard InChI is InChI=1S/C9H14ClN3O/c1-7-6-11-12-9(7)13(2)8(14)4-3-5-10/h6H,3-5H2,1-2H3,(H,11,12). The van der Waals surface area contributed by atoms with Crippen molar-refractivity contribution in [2.75, 3.05) is 17.8 Å². The molecule has 0 atom stereocenters. The summed E-state index contributed by atoms with van der Waals surface area (Å²) in [5.41, 5.74) is 0.965. The topological polar surface area (TPSA) is 49.0 Å².